The molecule has 0 amide bonds. The fraction of sp³-hybridized carbons (Fsp3) is 0.500. The minimum Gasteiger partial charge on any atom is -0.483 e. The van der Waals surface area contributed by atoms with Crippen LogP contribution in [0.15, 0.2) is 5.11 Å². The van der Waals surface area contributed by atoms with Crippen molar-refractivity contribution in [2.24, 2.45) is 5.11 Å². The maximum Gasteiger partial charge on any atom is 0.290 e. The lowest BCUT2D eigenvalue weighted by atomic mass is 11.6. The minimum absolute atomic E-state index is 0.250. The van der Waals surface area contributed by atoms with Gasteiger partial charge in [-0.1, -0.05) is 5.11 Å². The molecule has 0 fully saturated rings. The highest BCUT2D eigenvalue weighted by molar-refractivity contribution is 5.32. The topological polar surface area (TPSA) is 86.1 Å². The van der Waals surface area contributed by atoms with Crippen molar-refractivity contribution < 1.29 is 9.90 Å². The standard InChI is InChI=1S/CH3N3.CH2O2/c1-3-4-2;2-1-3/h1H3;1H,(H,2,3). The molecule has 0 atom stereocenters. The van der Waals surface area contributed by atoms with Crippen LogP contribution < -0.4 is 0 Å². The number of hydrogen-bond donors (Lipinski definition) is 1. The molecule has 0 heterocycles. The van der Waals surface area contributed by atoms with Crippen LogP contribution in [0.3, 0.4) is 0 Å². The molecule has 0 aromatic carbocycles. The summed E-state index contributed by atoms with van der Waals surface area (Å²) in [7, 11) is 1.39. The number of rotatable bonds is 0. The first-order valence-corrected chi connectivity index (χ1v) is 1.34. The van der Waals surface area contributed by atoms with Crippen molar-refractivity contribution >= 4 is 6.47 Å². The zero-order valence-electron chi connectivity index (χ0n) is 3.77. The number of carbonyl (C=O) groups is 1. The molecule has 0 aliphatic rings. The van der Waals surface area contributed by atoms with E-state index in [1.807, 2.05) is 0 Å². The summed E-state index contributed by atoms with van der Waals surface area (Å²) in [5, 5.41) is 9.81. The van der Waals surface area contributed by atoms with E-state index in [0.29, 0.717) is 0 Å². The van der Waals surface area contributed by atoms with E-state index >= 15 is 0 Å². The van der Waals surface area contributed by atoms with Gasteiger partial charge in [-0.3, -0.25) is 4.79 Å². The van der Waals surface area contributed by atoms with Crippen LogP contribution in [-0.4, -0.2) is 18.6 Å². The molecule has 0 radical (unpaired) electrons. The molecule has 0 aliphatic carbocycles. The van der Waals surface area contributed by atoms with Crippen molar-refractivity contribution in [3.63, 3.8) is 0 Å². The Kier molecular flexibility index (Phi) is 28.5. The Labute approximate surface area is 40.2 Å². The highest BCUT2D eigenvalue weighted by Crippen LogP contribution is 1.46. The van der Waals surface area contributed by atoms with Gasteiger partial charge in [-0.25, -0.2) is 0 Å². The quantitative estimate of drug-likeness (QED) is 0.211. The second-order valence-corrected chi connectivity index (χ2v) is 0.395. The normalized spacial score (nSPS) is 4.14. The molecule has 0 bridgehead atoms. The van der Waals surface area contributed by atoms with Gasteiger partial charge in [-0.15, -0.1) is 0 Å². The molecular weight excluding hydrogens is 98.0 g/mol. The van der Waals surface area contributed by atoms with Gasteiger partial charge in [-0.2, -0.15) is 0 Å². The summed E-state index contributed by atoms with van der Waals surface area (Å²) in [6.07, 6.45) is 0. The average Bonchev–Trinajstić information content (AvgIpc) is 1.69. The number of nitrogens with zero attached hydrogens (tertiary/aromatic N) is 3. The zero-order valence-corrected chi connectivity index (χ0v) is 3.77. The average molecular weight is 103 g/mol. The molecule has 5 heteroatoms. The van der Waals surface area contributed by atoms with Crippen LogP contribution in [0.1, 0.15) is 0 Å². The third kappa shape index (κ3) is 763. The molecule has 0 unspecified atom stereocenters. The molecule has 0 aromatic heterocycles. The Morgan fingerprint density at radius 2 is 2.14 bits per heavy atom. The second kappa shape index (κ2) is 21.6. The van der Waals surface area contributed by atoms with Crippen molar-refractivity contribution in [3.05, 3.63) is 10.4 Å². The fourth-order valence-corrected chi connectivity index (χ4v) is 0. The Bertz CT molecular complexity index is 75.0. The molecule has 1 N–H and O–H groups in total. The van der Waals surface area contributed by atoms with Gasteiger partial charge < -0.3 is 5.11 Å². The largest absolute Gasteiger partial charge is 0.483 e. The first-order valence-electron chi connectivity index (χ1n) is 1.34. The van der Waals surface area contributed by atoms with Crippen molar-refractivity contribution in [2.45, 2.75) is 0 Å². The minimum atomic E-state index is -0.250. The van der Waals surface area contributed by atoms with Gasteiger partial charge in [0.05, 0.1) is 0 Å². The maximum atomic E-state index is 8.36. The van der Waals surface area contributed by atoms with Crippen molar-refractivity contribution in [2.75, 3.05) is 7.05 Å². The molecule has 0 rings (SSSR count). The number of carboxylic acid groups (broad SMARTS) is 1. The smallest absolute Gasteiger partial charge is 0.290 e. The van der Waals surface area contributed by atoms with Gasteiger partial charge in [0.1, 0.15) is 0 Å². The van der Waals surface area contributed by atoms with Crippen molar-refractivity contribution in [1.82, 2.24) is 0 Å². The molecule has 0 spiro atoms. The van der Waals surface area contributed by atoms with Crippen LogP contribution in [0, 0.1) is 0 Å². The molecule has 7 heavy (non-hydrogen) atoms. The van der Waals surface area contributed by atoms with E-state index in [0.717, 1.165) is 0 Å². The molecule has 0 saturated carbocycles. The highest BCUT2D eigenvalue weighted by atomic mass is 16.3. The summed E-state index contributed by atoms with van der Waals surface area (Å²) >= 11 is 0. The summed E-state index contributed by atoms with van der Waals surface area (Å²) in [5.74, 6) is 0. The summed E-state index contributed by atoms with van der Waals surface area (Å²) in [6, 6.07) is 0. The van der Waals surface area contributed by atoms with Crippen LogP contribution in [0.4, 0.5) is 0 Å². The number of azide groups is 1. The number of hydrogen-bond acceptors (Lipinski definition) is 2. The van der Waals surface area contributed by atoms with E-state index in [2.05, 4.69) is 10.0 Å². The predicted molar refractivity (Wildman–Crippen MR) is 23.8 cm³/mol. The molecular formula is C2H5N3O2. The van der Waals surface area contributed by atoms with E-state index < -0.39 is 0 Å². The van der Waals surface area contributed by atoms with Gasteiger partial charge in [0.15, 0.2) is 0 Å². The van der Waals surface area contributed by atoms with Crippen molar-refractivity contribution in [1.29, 1.82) is 0 Å². The monoisotopic (exact) mass is 103 g/mol. The predicted octanol–water partition coefficient (Wildman–Crippen LogP) is 0.627. The van der Waals surface area contributed by atoms with Crippen LogP contribution in [0.25, 0.3) is 10.4 Å². The Morgan fingerprint density at radius 3 is 2.14 bits per heavy atom. The first-order chi connectivity index (χ1) is 3.33. The lowest BCUT2D eigenvalue weighted by Crippen LogP contribution is -1.49. The Hall–Kier alpha value is -1.22. The van der Waals surface area contributed by atoms with Crippen LogP contribution in [0.2, 0.25) is 0 Å². The fourth-order valence-electron chi connectivity index (χ4n) is 0. The van der Waals surface area contributed by atoms with E-state index in [1.165, 1.54) is 7.05 Å². The first kappa shape index (κ1) is 9.24. The van der Waals surface area contributed by atoms with Crippen LogP contribution >= 0.6 is 0 Å². The van der Waals surface area contributed by atoms with E-state index in [4.69, 9.17) is 15.4 Å². The third-order valence-electron chi connectivity index (χ3n) is 0.0894. The van der Waals surface area contributed by atoms with Crippen LogP contribution in [-0.2, 0) is 4.79 Å². The summed E-state index contributed by atoms with van der Waals surface area (Å²) in [6.45, 7) is -0.250. The molecule has 5 nitrogen and oxygen atoms in total. The maximum absolute atomic E-state index is 8.36. The molecule has 40 valence electrons. The van der Waals surface area contributed by atoms with E-state index in [9.17, 15) is 0 Å². The van der Waals surface area contributed by atoms with Gasteiger partial charge >= 0.3 is 0 Å². The van der Waals surface area contributed by atoms with Gasteiger partial charge in [-0.05, 0) is 5.53 Å². The summed E-state index contributed by atoms with van der Waals surface area (Å²) in [4.78, 5) is 10.7. The lowest BCUT2D eigenvalue weighted by Gasteiger charge is -1.35. The zero-order chi connectivity index (χ0) is 6.12. The van der Waals surface area contributed by atoms with Gasteiger partial charge in [0.2, 0.25) is 0 Å². The van der Waals surface area contributed by atoms with Crippen molar-refractivity contribution in [3.8, 4) is 0 Å². The Morgan fingerprint density at radius 1 is 2.00 bits per heavy atom. The van der Waals surface area contributed by atoms with E-state index in [1.54, 1.807) is 0 Å². The second-order valence-electron chi connectivity index (χ2n) is 0.395. The SMILES string of the molecule is CN=[N+]=[N-].O=CO. The third-order valence-corrected chi connectivity index (χ3v) is 0.0894. The molecule has 0 aliphatic heterocycles. The molecule has 0 aromatic rings. The lowest BCUT2D eigenvalue weighted by molar-refractivity contribution is -0.122. The summed E-state index contributed by atoms with van der Waals surface area (Å²) < 4.78 is 0. The summed E-state index contributed by atoms with van der Waals surface area (Å²) in [5.41, 5.74) is 7.33. The Balaban J connectivity index is 0. The van der Waals surface area contributed by atoms with Crippen LogP contribution in [0.5, 0.6) is 0 Å². The van der Waals surface area contributed by atoms with Gasteiger partial charge in [0, 0.05) is 12.0 Å². The van der Waals surface area contributed by atoms with E-state index in [-0.39, 0.29) is 6.47 Å². The highest BCUT2D eigenvalue weighted by Gasteiger charge is 1.27. The molecule has 0 saturated heterocycles. The van der Waals surface area contributed by atoms with Gasteiger partial charge in [0.25, 0.3) is 6.47 Å².